The van der Waals surface area contributed by atoms with Gasteiger partial charge in [-0.3, -0.25) is 0 Å². The number of cyclic esters (lactones) is 1. The van der Waals surface area contributed by atoms with Gasteiger partial charge in [0.05, 0.1) is 7.11 Å². The van der Waals surface area contributed by atoms with Crippen LogP contribution in [0.5, 0.6) is 0 Å². The van der Waals surface area contributed by atoms with Crippen molar-refractivity contribution < 1.29 is 23.8 Å². The minimum atomic E-state index is -1.03. The zero-order valence-corrected chi connectivity index (χ0v) is 10.1. The zero-order chi connectivity index (χ0) is 12.5. The van der Waals surface area contributed by atoms with E-state index in [-0.39, 0.29) is 0 Å². The molecule has 2 atom stereocenters. The van der Waals surface area contributed by atoms with Gasteiger partial charge in [-0.1, -0.05) is 20.8 Å². The van der Waals surface area contributed by atoms with Gasteiger partial charge in [-0.05, 0) is 0 Å². The van der Waals surface area contributed by atoms with Crippen LogP contribution in [0, 0.1) is 5.41 Å². The number of esters is 1. The van der Waals surface area contributed by atoms with Crippen LogP contribution in [0.1, 0.15) is 20.8 Å². The molecule has 1 saturated heterocycles. The molecule has 1 amide bonds. The molecule has 6 nitrogen and oxygen atoms in total. The summed E-state index contributed by atoms with van der Waals surface area (Å²) in [5.41, 5.74) is -0.406. The first-order valence-corrected chi connectivity index (χ1v) is 4.92. The van der Waals surface area contributed by atoms with Crippen molar-refractivity contribution in [3.8, 4) is 0 Å². The maximum atomic E-state index is 11.6. The van der Waals surface area contributed by atoms with E-state index < -0.39 is 29.9 Å². The molecule has 0 spiro atoms. The highest BCUT2D eigenvalue weighted by Crippen LogP contribution is 2.32. The Balaban J connectivity index is 3.02. The van der Waals surface area contributed by atoms with E-state index in [0.717, 1.165) is 0 Å². The van der Waals surface area contributed by atoms with Crippen LogP contribution in [0.3, 0.4) is 0 Å². The molecule has 2 unspecified atom stereocenters. The first kappa shape index (κ1) is 12.8. The molecule has 0 aliphatic carbocycles. The number of nitrogens with zero attached hydrogens (tertiary/aromatic N) is 1. The van der Waals surface area contributed by atoms with Gasteiger partial charge in [0.2, 0.25) is 6.23 Å². The van der Waals surface area contributed by atoms with Crippen LogP contribution in [0.2, 0.25) is 0 Å². The van der Waals surface area contributed by atoms with Gasteiger partial charge in [0, 0.05) is 12.5 Å². The van der Waals surface area contributed by atoms with Crippen molar-refractivity contribution in [3.63, 3.8) is 0 Å². The zero-order valence-electron chi connectivity index (χ0n) is 10.1. The number of hydrogen-bond donors (Lipinski definition) is 0. The quantitative estimate of drug-likeness (QED) is 0.629. The summed E-state index contributed by atoms with van der Waals surface area (Å²) in [5, 5.41) is 0. The Morgan fingerprint density at radius 1 is 1.38 bits per heavy atom. The maximum absolute atomic E-state index is 11.6. The standard InChI is InChI=1S/C10H17NO5/c1-10(2,3)8-11(9(13)15-5)6(14-4)7(12)16-8/h6,8H,1-5H3. The van der Waals surface area contributed by atoms with Crippen molar-refractivity contribution in [1.82, 2.24) is 4.90 Å². The molecule has 0 aromatic rings. The summed E-state index contributed by atoms with van der Waals surface area (Å²) in [7, 11) is 2.59. The lowest BCUT2D eigenvalue weighted by atomic mass is 9.94. The molecule has 6 heteroatoms. The van der Waals surface area contributed by atoms with E-state index in [1.165, 1.54) is 19.1 Å². The van der Waals surface area contributed by atoms with E-state index in [4.69, 9.17) is 9.47 Å². The second kappa shape index (κ2) is 4.29. The summed E-state index contributed by atoms with van der Waals surface area (Å²) >= 11 is 0. The van der Waals surface area contributed by atoms with Gasteiger partial charge in [0.15, 0.2) is 6.23 Å². The molecule has 0 N–H and O–H groups in total. The Labute approximate surface area is 94.4 Å². The molecule has 1 fully saturated rings. The third-order valence-corrected chi connectivity index (χ3v) is 2.28. The first-order chi connectivity index (χ1) is 7.32. The fourth-order valence-electron chi connectivity index (χ4n) is 1.56. The fourth-order valence-corrected chi connectivity index (χ4v) is 1.56. The smallest absolute Gasteiger partial charge is 0.415 e. The van der Waals surface area contributed by atoms with E-state index in [2.05, 4.69) is 4.74 Å². The Kier molecular flexibility index (Phi) is 3.42. The second-order valence-corrected chi connectivity index (χ2v) is 4.62. The topological polar surface area (TPSA) is 65.1 Å². The number of carbonyl (C=O) groups excluding carboxylic acids is 2. The van der Waals surface area contributed by atoms with Crippen LogP contribution >= 0.6 is 0 Å². The molecule has 0 saturated carbocycles. The molecular formula is C10H17NO5. The molecule has 1 heterocycles. The van der Waals surface area contributed by atoms with Crippen LogP contribution in [-0.4, -0.2) is 43.6 Å². The molecule has 92 valence electrons. The van der Waals surface area contributed by atoms with Crippen LogP contribution < -0.4 is 0 Å². The maximum Gasteiger partial charge on any atom is 0.415 e. The lowest BCUT2D eigenvalue weighted by molar-refractivity contribution is -0.151. The van der Waals surface area contributed by atoms with Crippen molar-refractivity contribution in [2.75, 3.05) is 14.2 Å². The highest BCUT2D eigenvalue weighted by molar-refractivity contribution is 5.83. The lowest BCUT2D eigenvalue weighted by Gasteiger charge is -2.32. The number of ether oxygens (including phenoxy) is 3. The lowest BCUT2D eigenvalue weighted by Crippen LogP contribution is -2.48. The van der Waals surface area contributed by atoms with Gasteiger partial charge >= 0.3 is 12.1 Å². The summed E-state index contributed by atoms with van der Waals surface area (Å²) in [5.74, 6) is -0.576. The monoisotopic (exact) mass is 231 g/mol. The number of methoxy groups -OCH3 is 2. The molecule has 1 aliphatic heterocycles. The van der Waals surface area contributed by atoms with Gasteiger partial charge in [-0.15, -0.1) is 0 Å². The van der Waals surface area contributed by atoms with Crippen molar-refractivity contribution in [2.24, 2.45) is 5.41 Å². The first-order valence-electron chi connectivity index (χ1n) is 4.92. The highest BCUT2D eigenvalue weighted by Gasteiger charge is 2.51. The van der Waals surface area contributed by atoms with Crippen molar-refractivity contribution in [3.05, 3.63) is 0 Å². The SMILES string of the molecule is COC(=O)N1C(OC)C(=O)OC1C(C)(C)C. The third-order valence-electron chi connectivity index (χ3n) is 2.28. The Hall–Kier alpha value is -1.30. The van der Waals surface area contributed by atoms with E-state index >= 15 is 0 Å². The summed E-state index contributed by atoms with van der Waals surface area (Å²) in [6.45, 7) is 5.58. The Bertz CT molecular complexity index is 296. The number of rotatable bonds is 1. The normalized spacial score (nSPS) is 25.6. The minimum absolute atomic E-state index is 0.406. The average Bonchev–Trinajstić information content (AvgIpc) is 2.53. The van der Waals surface area contributed by atoms with E-state index in [1.807, 2.05) is 20.8 Å². The molecule has 1 aliphatic rings. The van der Waals surface area contributed by atoms with Gasteiger partial charge in [-0.25, -0.2) is 14.5 Å². The molecule has 0 radical (unpaired) electrons. The third kappa shape index (κ3) is 2.11. The highest BCUT2D eigenvalue weighted by atomic mass is 16.6. The largest absolute Gasteiger partial charge is 0.453 e. The van der Waals surface area contributed by atoms with Crippen molar-refractivity contribution in [1.29, 1.82) is 0 Å². The molecule has 1 rings (SSSR count). The fraction of sp³-hybridized carbons (Fsp3) is 0.800. The summed E-state index contributed by atoms with van der Waals surface area (Å²) in [6.07, 6.45) is -2.35. The average molecular weight is 231 g/mol. The summed E-state index contributed by atoms with van der Waals surface area (Å²) in [4.78, 5) is 24.2. The minimum Gasteiger partial charge on any atom is -0.453 e. The molecule has 16 heavy (non-hydrogen) atoms. The van der Waals surface area contributed by atoms with Crippen LogP contribution in [0.4, 0.5) is 4.79 Å². The van der Waals surface area contributed by atoms with Crippen LogP contribution in [-0.2, 0) is 19.0 Å². The predicted molar refractivity (Wildman–Crippen MR) is 54.4 cm³/mol. The van der Waals surface area contributed by atoms with Gasteiger partial charge in [0.25, 0.3) is 0 Å². The van der Waals surface area contributed by atoms with Crippen molar-refractivity contribution in [2.45, 2.75) is 33.2 Å². The predicted octanol–water partition coefficient (Wildman–Crippen LogP) is 0.956. The van der Waals surface area contributed by atoms with Gasteiger partial charge in [0.1, 0.15) is 0 Å². The molecule has 0 aromatic heterocycles. The molecular weight excluding hydrogens is 214 g/mol. The summed E-state index contributed by atoms with van der Waals surface area (Å²) in [6, 6.07) is 0. The summed E-state index contributed by atoms with van der Waals surface area (Å²) < 4.78 is 14.7. The van der Waals surface area contributed by atoms with E-state index in [0.29, 0.717) is 0 Å². The Morgan fingerprint density at radius 2 is 1.94 bits per heavy atom. The number of amides is 1. The second-order valence-electron chi connectivity index (χ2n) is 4.62. The Morgan fingerprint density at radius 3 is 2.31 bits per heavy atom. The van der Waals surface area contributed by atoms with E-state index in [9.17, 15) is 9.59 Å². The van der Waals surface area contributed by atoms with Gasteiger partial charge < -0.3 is 14.2 Å². The van der Waals surface area contributed by atoms with Gasteiger partial charge in [-0.2, -0.15) is 0 Å². The van der Waals surface area contributed by atoms with E-state index in [1.54, 1.807) is 0 Å². The number of hydrogen-bond acceptors (Lipinski definition) is 5. The molecule has 0 aromatic carbocycles. The number of carbonyl (C=O) groups is 2. The van der Waals surface area contributed by atoms with Crippen LogP contribution in [0.25, 0.3) is 0 Å². The van der Waals surface area contributed by atoms with Crippen LogP contribution in [0.15, 0.2) is 0 Å². The van der Waals surface area contributed by atoms with Crippen molar-refractivity contribution >= 4 is 12.1 Å². The molecule has 0 bridgehead atoms.